The third-order valence-electron chi connectivity index (χ3n) is 3.84. The van der Waals surface area contributed by atoms with Crippen LogP contribution in [0.2, 0.25) is 0 Å². The molecule has 1 saturated carbocycles. The van der Waals surface area contributed by atoms with Crippen LogP contribution < -0.4 is 11.1 Å². The van der Waals surface area contributed by atoms with Crippen molar-refractivity contribution in [1.82, 2.24) is 15.1 Å². The molecule has 1 fully saturated rings. The number of amides is 1. The molecule has 0 atom stereocenters. The average molecular weight is 279 g/mol. The maximum atomic E-state index is 12.2. The summed E-state index contributed by atoms with van der Waals surface area (Å²) in [6.45, 7) is 3.35. The summed E-state index contributed by atoms with van der Waals surface area (Å²) in [5, 5.41) is 18.8. The minimum absolute atomic E-state index is 0.0141. The Morgan fingerprint density at radius 1 is 1.65 bits per heavy atom. The number of oxime groups is 1. The maximum Gasteiger partial charge on any atom is 0.233 e. The lowest BCUT2D eigenvalue weighted by Gasteiger charge is -2.43. The predicted molar refractivity (Wildman–Crippen MR) is 74.1 cm³/mol. The summed E-state index contributed by atoms with van der Waals surface area (Å²) in [6, 6.07) is 1.86. The topological polar surface area (TPSA) is 106 Å². The van der Waals surface area contributed by atoms with Crippen molar-refractivity contribution in [1.29, 1.82) is 0 Å². The fourth-order valence-electron chi connectivity index (χ4n) is 2.78. The van der Waals surface area contributed by atoms with Gasteiger partial charge in [0.1, 0.15) is 5.41 Å². The van der Waals surface area contributed by atoms with E-state index in [0.29, 0.717) is 25.3 Å². The Morgan fingerprint density at radius 3 is 2.95 bits per heavy atom. The van der Waals surface area contributed by atoms with Crippen molar-refractivity contribution in [3.8, 4) is 0 Å². The van der Waals surface area contributed by atoms with E-state index in [1.807, 2.05) is 23.9 Å². The lowest BCUT2D eigenvalue weighted by molar-refractivity contribution is -0.133. The molecule has 2 rings (SSSR count). The van der Waals surface area contributed by atoms with E-state index in [-0.39, 0.29) is 11.7 Å². The van der Waals surface area contributed by atoms with Gasteiger partial charge in [-0.3, -0.25) is 9.48 Å². The molecule has 7 heteroatoms. The summed E-state index contributed by atoms with van der Waals surface area (Å²) in [5.74, 6) is 0.289. The summed E-state index contributed by atoms with van der Waals surface area (Å²) >= 11 is 0. The van der Waals surface area contributed by atoms with E-state index in [1.165, 1.54) is 0 Å². The number of aryl methyl sites for hydroxylation is 1. The summed E-state index contributed by atoms with van der Waals surface area (Å²) < 4.78 is 1.82. The van der Waals surface area contributed by atoms with E-state index >= 15 is 0 Å². The van der Waals surface area contributed by atoms with Gasteiger partial charge in [0, 0.05) is 25.5 Å². The van der Waals surface area contributed by atoms with E-state index in [4.69, 9.17) is 10.9 Å². The van der Waals surface area contributed by atoms with Gasteiger partial charge in [-0.1, -0.05) is 12.1 Å². The van der Waals surface area contributed by atoms with Gasteiger partial charge in [-0.25, -0.2) is 0 Å². The monoisotopic (exact) mass is 279 g/mol. The Kier molecular flexibility index (Phi) is 4.26. The molecule has 0 aliphatic heterocycles. The van der Waals surface area contributed by atoms with Crippen LogP contribution in [-0.2, 0) is 11.3 Å². The number of carbonyl (C=O) groups excluding carboxylic acids is 1. The Bertz CT molecular complexity index is 477. The molecule has 0 bridgehead atoms. The Balaban J connectivity index is 1.81. The van der Waals surface area contributed by atoms with Gasteiger partial charge in [0.05, 0.1) is 0 Å². The summed E-state index contributed by atoms with van der Waals surface area (Å²) in [7, 11) is 0. The predicted octanol–water partition coefficient (Wildman–Crippen LogP) is 0.552. The molecule has 1 amide bonds. The Hall–Kier alpha value is -2.05. The number of amidine groups is 1. The van der Waals surface area contributed by atoms with Crippen LogP contribution >= 0.6 is 0 Å². The molecule has 1 aliphatic rings. The number of carbonyl (C=O) groups is 1. The fraction of sp³-hybridized carbons (Fsp3) is 0.615. The average Bonchev–Trinajstić information content (AvgIpc) is 2.91. The first kappa shape index (κ1) is 14.4. The maximum absolute atomic E-state index is 12.2. The zero-order valence-electron chi connectivity index (χ0n) is 11.6. The van der Waals surface area contributed by atoms with Gasteiger partial charge in [-0.05, 0) is 31.2 Å². The van der Waals surface area contributed by atoms with Crippen molar-refractivity contribution in [3.05, 3.63) is 18.5 Å². The standard InChI is InChI=1S/C13H21N5O2/c1-10-8-13(9-10,11(14)17-20)12(19)15-4-2-6-18-7-3-5-16-18/h3,5,7,10,20H,2,4,6,8-9H2,1H3,(H2,14,17)(H,15,19). The molecule has 0 unspecified atom stereocenters. The second-order valence-electron chi connectivity index (χ2n) is 5.46. The lowest BCUT2D eigenvalue weighted by atomic mass is 9.61. The van der Waals surface area contributed by atoms with E-state index in [1.54, 1.807) is 6.20 Å². The molecule has 110 valence electrons. The molecule has 1 aromatic rings. The lowest BCUT2D eigenvalue weighted by Crippen LogP contribution is -2.56. The first-order valence-electron chi connectivity index (χ1n) is 6.82. The minimum Gasteiger partial charge on any atom is -0.409 e. The second-order valence-corrected chi connectivity index (χ2v) is 5.46. The molecule has 7 nitrogen and oxygen atoms in total. The summed E-state index contributed by atoms with van der Waals surface area (Å²) in [4.78, 5) is 12.2. The van der Waals surface area contributed by atoms with Gasteiger partial charge in [-0.2, -0.15) is 5.10 Å². The van der Waals surface area contributed by atoms with Crippen LogP contribution in [0, 0.1) is 11.3 Å². The number of nitrogens with two attached hydrogens (primary N) is 1. The Labute approximate surface area is 117 Å². The molecule has 1 aromatic heterocycles. The molecular weight excluding hydrogens is 258 g/mol. The van der Waals surface area contributed by atoms with Gasteiger partial charge in [0.15, 0.2) is 5.84 Å². The SMILES string of the molecule is CC1CC(C(=O)NCCCn2cccn2)(/C(N)=N/O)C1. The number of hydrogen-bond acceptors (Lipinski definition) is 4. The van der Waals surface area contributed by atoms with Crippen LogP contribution in [0.4, 0.5) is 0 Å². The van der Waals surface area contributed by atoms with E-state index < -0.39 is 5.41 Å². The number of aromatic nitrogens is 2. The van der Waals surface area contributed by atoms with E-state index in [9.17, 15) is 4.79 Å². The van der Waals surface area contributed by atoms with Crippen LogP contribution in [-0.4, -0.2) is 33.3 Å². The van der Waals surface area contributed by atoms with Crippen LogP contribution in [0.5, 0.6) is 0 Å². The highest BCUT2D eigenvalue weighted by atomic mass is 16.4. The van der Waals surface area contributed by atoms with Crippen molar-refractivity contribution in [2.45, 2.75) is 32.7 Å². The smallest absolute Gasteiger partial charge is 0.233 e. The van der Waals surface area contributed by atoms with Gasteiger partial charge in [0.2, 0.25) is 5.91 Å². The molecule has 4 N–H and O–H groups in total. The minimum atomic E-state index is -0.820. The van der Waals surface area contributed by atoms with Gasteiger partial charge in [0.25, 0.3) is 0 Å². The zero-order valence-corrected chi connectivity index (χ0v) is 11.6. The fourth-order valence-corrected chi connectivity index (χ4v) is 2.78. The van der Waals surface area contributed by atoms with E-state index in [0.717, 1.165) is 13.0 Å². The zero-order chi connectivity index (χ0) is 14.6. The van der Waals surface area contributed by atoms with Crippen molar-refractivity contribution < 1.29 is 10.0 Å². The third-order valence-corrected chi connectivity index (χ3v) is 3.84. The van der Waals surface area contributed by atoms with Gasteiger partial charge >= 0.3 is 0 Å². The Morgan fingerprint density at radius 2 is 2.40 bits per heavy atom. The van der Waals surface area contributed by atoms with E-state index in [2.05, 4.69) is 15.6 Å². The number of nitrogens with one attached hydrogen (secondary N) is 1. The first-order valence-corrected chi connectivity index (χ1v) is 6.82. The van der Waals surface area contributed by atoms with Gasteiger partial charge in [-0.15, -0.1) is 0 Å². The normalized spacial score (nSPS) is 26.1. The highest BCUT2D eigenvalue weighted by molar-refractivity contribution is 6.07. The summed E-state index contributed by atoms with van der Waals surface area (Å²) in [6.07, 6.45) is 5.66. The molecule has 0 spiro atoms. The second kappa shape index (κ2) is 5.94. The van der Waals surface area contributed by atoms with Crippen LogP contribution in [0.1, 0.15) is 26.2 Å². The van der Waals surface area contributed by atoms with Crippen LogP contribution in [0.15, 0.2) is 23.6 Å². The van der Waals surface area contributed by atoms with Crippen molar-refractivity contribution in [2.75, 3.05) is 6.54 Å². The molecular formula is C13H21N5O2. The van der Waals surface area contributed by atoms with Gasteiger partial charge < -0.3 is 16.3 Å². The summed E-state index contributed by atoms with van der Waals surface area (Å²) in [5.41, 5.74) is 4.86. The highest BCUT2D eigenvalue weighted by Crippen LogP contribution is 2.45. The highest BCUT2D eigenvalue weighted by Gasteiger charge is 2.51. The first-order chi connectivity index (χ1) is 9.58. The number of hydrogen-bond donors (Lipinski definition) is 3. The van der Waals surface area contributed by atoms with Crippen LogP contribution in [0.3, 0.4) is 0 Å². The van der Waals surface area contributed by atoms with Crippen LogP contribution in [0.25, 0.3) is 0 Å². The quantitative estimate of drug-likeness (QED) is 0.232. The van der Waals surface area contributed by atoms with Crippen molar-refractivity contribution in [2.24, 2.45) is 22.2 Å². The molecule has 1 heterocycles. The molecule has 0 radical (unpaired) electrons. The third kappa shape index (κ3) is 2.76. The number of nitrogens with zero attached hydrogens (tertiary/aromatic N) is 3. The number of rotatable bonds is 6. The van der Waals surface area contributed by atoms with Crippen molar-refractivity contribution in [3.63, 3.8) is 0 Å². The molecule has 0 aromatic carbocycles. The molecule has 1 aliphatic carbocycles. The van der Waals surface area contributed by atoms with Crippen molar-refractivity contribution >= 4 is 11.7 Å². The molecule has 20 heavy (non-hydrogen) atoms. The molecule has 0 saturated heterocycles. The largest absolute Gasteiger partial charge is 0.409 e.